The summed E-state index contributed by atoms with van der Waals surface area (Å²) in [7, 11) is 1.94. The Labute approximate surface area is 135 Å². The summed E-state index contributed by atoms with van der Waals surface area (Å²) in [4.78, 5) is 12.1. The van der Waals surface area contributed by atoms with Crippen molar-refractivity contribution in [2.24, 2.45) is 7.05 Å². The number of nitrogens with zero attached hydrogens (tertiary/aromatic N) is 2. The molecule has 1 N–H and O–H groups in total. The van der Waals surface area contributed by atoms with Crippen LogP contribution >= 0.6 is 0 Å². The van der Waals surface area contributed by atoms with Gasteiger partial charge in [0, 0.05) is 48.8 Å². The first-order chi connectivity index (χ1) is 11.1. The number of hydrogen-bond acceptors (Lipinski definition) is 3. The smallest absolute Gasteiger partial charge is 0.139 e. The standard InChI is InChI=1S/C19H19N3O/c1-12-9-14(23)10-13-5-3-7-16(19(13)20-12)15-6-4-8-18-17(15)11-22(2)21-18/h3-8,11-12,20H,9-10H2,1-2H3/t12-/m1/s1. The molecule has 1 aliphatic heterocycles. The molecule has 23 heavy (non-hydrogen) atoms. The van der Waals surface area contributed by atoms with E-state index in [0.29, 0.717) is 18.6 Å². The van der Waals surface area contributed by atoms with E-state index in [1.165, 1.54) is 0 Å². The molecular weight excluding hydrogens is 286 g/mol. The lowest BCUT2D eigenvalue weighted by Gasteiger charge is -2.17. The molecule has 0 saturated carbocycles. The van der Waals surface area contributed by atoms with Gasteiger partial charge in [-0.15, -0.1) is 0 Å². The zero-order valence-electron chi connectivity index (χ0n) is 13.3. The molecule has 0 aliphatic carbocycles. The lowest BCUT2D eigenvalue weighted by Crippen LogP contribution is -2.17. The van der Waals surface area contributed by atoms with Crippen molar-refractivity contribution in [1.82, 2.24) is 9.78 Å². The molecule has 4 heteroatoms. The number of anilines is 1. The van der Waals surface area contributed by atoms with E-state index in [0.717, 1.165) is 33.3 Å². The molecule has 116 valence electrons. The number of Topliss-reactive ketones (excluding diaryl/α,β-unsaturated/α-hetero) is 1. The summed E-state index contributed by atoms with van der Waals surface area (Å²) in [6, 6.07) is 12.5. The second-order valence-electron chi connectivity index (χ2n) is 6.35. The molecule has 3 aromatic rings. The summed E-state index contributed by atoms with van der Waals surface area (Å²) in [5.41, 5.74) is 5.45. The third kappa shape index (κ3) is 2.40. The second-order valence-corrected chi connectivity index (χ2v) is 6.35. The summed E-state index contributed by atoms with van der Waals surface area (Å²) < 4.78 is 1.84. The summed E-state index contributed by atoms with van der Waals surface area (Å²) >= 11 is 0. The van der Waals surface area contributed by atoms with Crippen LogP contribution in [0.25, 0.3) is 22.0 Å². The fourth-order valence-corrected chi connectivity index (χ4v) is 3.46. The van der Waals surface area contributed by atoms with Gasteiger partial charge in [-0.3, -0.25) is 9.48 Å². The molecule has 0 bridgehead atoms. The molecule has 0 saturated heterocycles. The number of carbonyl (C=O) groups excluding carboxylic acids is 1. The molecule has 4 rings (SSSR count). The van der Waals surface area contributed by atoms with E-state index in [9.17, 15) is 4.79 Å². The predicted octanol–water partition coefficient (Wildman–Crippen LogP) is 3.56. The molecule has 2 aromatic carbocycles. The minimum Gasteiger partial charge on any atom is -0.381 e. The van der Waals surface area contributed by atoms with E-state index >= 15 is 0 Å². The quantitative estimate of drug-likeness (QED) is 0.748. The minimum atomic E-state index is 0.151. The first-order valence-electron chi connectivity index (χ1n) is 7.94. The van der Waals surface area contributed by atoms with Crippen LogP contribution < -0.4 is 5.32 Å². The van der Waals surface area contributed by atoms with Crippen molar-refractivity contribution in [1.29, 1.82) is 0 Å². The molecule has 0 radical (unpaired) electrons. The van der Waals surface area contributed by atoms with Crippen LogP contribution in [0.5, 0.6) is 0 Å². The van der Waals surface area contributed by atoms with Crippen LogP contribution in [-0.2, 0) is 18.3 Å². The number of rotatable bonds is 1. The van der Waals surface area contributed by atoms with Gasteiger partial charge in [-0.05, 0) is 24.1 Å². The molecule has 1 aromatic heterocycles. The van der Waals surface area contributed by atoms with Crippen molar-refractivity contribution in [3.05, 3.63) is 48.2 Å². The zero-order chi connectivity index (χ0) is 16.0. The molecule has 0 unspecified atom stereocenters. The van der Waals surface area contributed by atoms with Gasteiger partial charge in [0.15, 0.2) is 0 Å². The Hall–Kier alpha value is -2.62. The van der Waals surface area contributed by atoms with Crippen molar-refractivity contribution >= 4 is 22.4 Å². The number of hydrogen-bond donors (Lipinski definition) is 1. The highest BCUT2D eigenvalue weighted by molar-refractivity contribution is 5.99. The fraction of sp³-hybridized carbons (Fsp3) is 0.263. The molecule has 0 amide bonds. The Morgan fingerprint density at radius 3 is 2.83 bits per heavy atom. The van der Waals surface area contributed by atoms with Crippen LogP contribution in [0, 0.1) is 0 Å². The average Bonchev–Trinajstić information content (AvgIpc) is 2.81. The van der Waals surface area contributed by atoms with E-state index in [-0.39, 0.29) is 6.04 Å². The number of carbonyl (C=O) groups is 1. The first-order valence-corrected chi connectivity index (χ1v) is 7.94. The normalized spacial score (nSPS) is 17.7. The van der Waals surface area contributed by atoms with Crippen molar-refractivity contribution in [2.45, 2.75) is 25.8 Å². The van der Waals surface area contributed by atoms with Gasteiger partial charge in [0.25, 0.3) is 0 Å². The summed E-state index contributed by atoms with van der Waals surface area (Å²) in [6.45, 7) is 2.06. The number of fused-ring (bicyclic) bond motifs is 2. The monoisotopic (exact) mass is 305 g/mol. The Morgan fingerprint density at radius 1 is 1.17 bits per heavy atom. The number of ketones is 1. The molecule has 1 atom stereocenters. The van der Waals surface area contributed by atoms with E-state index in [1.54, 1.807) is 0 Å². The largest absolute Gasteiger partial charge is 0.381 e. The van der Waals surface area contributed by atoms with E-state index in [2.05, 4.69) is 35.7 Å². The van der Waals surface area contributed by atoms with Gasteiger partial charge in [-0.25, -0.2) is 0 Å². The summed E-state index contributed by atoms with van der Waals surface area (Å²) in [5, 5.41) is 9.18. The lowest BCUT2D eigenvalue weighted by molar-refractivity contribution is -0.118. The molecule has 0 spiro atoms. The highest BCUT2D eigenvalue weighted by atomic mass is 16.1. The number of benzene rings is 2. The van der Waals surface area contributed by atoms with Gasteiger partial charge < -0.3 is 5.32 Å². The number of aromatic nitrogens is 2. The van der Waals surface area contributed by atoms with Crippen LogP contribution in [0.15, 0.2) is 42.6 Å². The van der Waals surface area contributed by atoms with Gasteiger partial charge in [0.2, 0.25) is 0 Å². The van der Waals surface area contributed by atoms with Gasteiger partial charge >= 0.3 is 0 Å². The third-order valence-electron chi connectivity index (χ3n) is 4.42. The Bertz CT molecular complexity index is 910. The van der Waals surface area contributed by atoms with Crippen LogP contribution in [0.1, 0.15) is 18.9 Å². The molecule has 4 nitrogen and oxygen atoms in total. The van der Waals surface area contributed by atoms with E-state index in [4.69, 9.17) is 0 Å². The maximum absolute atomic E-state index is 12.1. The highest BCUT2D eigenvalue weighted by Gasteiger charge is 2.21. The molecule has 0 fully saturated rings. The maximum atomic E-state index is 12.1. The molecular formula is C19H19N3O. The number of nitrogens with one attached hydrogen (secondary N) is 1. The third-order valence-corrected chi connectivity index (χ3v) is 4.42. The van der Waals surface area contributed by atoms with E-state index < -0.39 is 0 Å². The lowest BCUT2D eigenvalue weighted by atomic mass is 9.96. The topological polar surface area (TPSA) is 46.9 Å². The summed E-state index contributed by atoms with van der Waals surface area (Å²) in [5.74, 6) is 0.292. The Morgan fingerprint density at radius 2 is 1.96 bits per heavy atom. The highest BCUT2D eigenvalue weighted by Crippen LogP contribution is 2.37. The van der Waals surface area contributed by atoms with Crippen molar-refractivity contribution in [2.75, 3.05) is 5.32 Å². The number of aryl methyl sites for hydroxylation is 1. The van der Waals surface area contributed by atoms with Gasteiger partial charge in [-0.1, -0.05) is 30.3 Å². The Balaban J connectivity index is 1.96. The van der Waals surface area contributed by atoms with Crippen LogP contribution in [-0.4, -0.2) is 21.6 Å². The number of para-hydroxylation sites is 1. The van der Waals surface area contributed by atoms with Crippen LogP contribution in [0.4, 0.5) is 5.69 Å². The van der Waals surface area contributed by atoms with Gasteiger partial charge in [-0.2, -0.15) is 5.10 Å². The van der Waals surface area contributed by atoms with Gasteiger partial charge in [0.05, 0.1) is 5.52 Å². The van der Waals surface area contributed by atoms with Crippen molar-refractivity contribution in [3.63, 3.8) is 0 Å². The fourth-order valence-electron chi connectivity index (χ4n) is 3.46. The molecule has 2 heterocycles. The van der Waals surface area contributed by atoms with Gasteiger partial charge in [0.1, 0.15) is 5.78 Å². The van der Waals surface area contributed by atoms with Crippen molar-refractivity contribution < 1.29 is 4.79 Å². The first kappa shape index (κ1) is 14.0. The predicted molar refractivity (Wildman–Crippen MR) is 92.6 cm³/mol. The Kier molecular flexibility index (Phi) is 3.18. The SMILES string of the molecule is C[C@@H]1CC(=O)Cc2cccc(-c3cccc4nn(C)cc34)c2N1. The minimum absolute atomic E-state index is 0.151. The zero-order valence-corrected chi connectivity index (χ0v) is 13.3. The second kappa shape index (κ2) is 5.23. The average molecular weight is 305 g/mol. The van der Waals surface area contributed by atoms with E-state index in [1.807, 2.05) is 36.0 Å². The maximum Gasteiger partial charge on any atom is 0.139 e. The molecule has 1 aliphatic rings. The summed E-state index contributed by atoms with van der Waals surface area (Å²) in [6.07, 6.45) is 3.13. The van der Waals surface area contributed by atoms with Crippen LogP contribution in [0.3, 0.4) is 0 Å². The van der Waals surface area contributed by atoms with Crippen LogP contribution in [0.2, 0.25) is 0 Å². The van der Waals surface area contributed by atoms with Crippen molar-refractivity contribution in [3.8, 4) is 11.1 Å².